The van der Waals surface area contributed by atoms with E-state index in [-0.39, 0.29) is 17.7 Å². The van der Waals surface area contributed by atoms with Crippen molar-refractivity contribution in [2.24, 2.45) is 11.8 Å². The summed E-state index contributed by atoms with van der Waals surface area (Å²) in [6.07, 6.45) is 2.46. The second kappa shape index (κ2) is 6.27. The molecule has 1 amide bonds. The van der Waals surface area contributed by atoms with E-state index in [4.69, 9.17) is 16.7 Å². The van der Waals surface area contributed by atoms with Gasteiger partial charge in [0.05, 0.1) is 5.92 Å². The van der Waals surface area contributed by atoms with Crippen molar-refractivity contribution in [3.63, 3.8) is 0 Å². The number of carbonyl (C=O) groups is 2. The van der Waals surface area contributed by atoms with E-state index in [2.05, 4.69) is 5.32 Å². The smallest absolute Gasteiger partial charge is 0.306 e. The molecular weight excluding hydrogens is 278 g/mol. The van der Waals surface area contributed by atoms with Crippen molar-refractivity contribution in [1.29, 1.82) is 0 Å². The maximum atomic E-state index is 12.1. The molecule has 0 saturated heterocycles. The highest BCUT2D eigenvalue weighted by Crippen LogP contribution is 2.31. The highest BCUT2D eigenvalue weighted by Gasteiger charge is 2.32. The number of aryl methyl sites for hydroxylation is 1. The molecule has 2 unspecified atom stereocenters. The van der Waals surface area contributed by atoms with Crippen LogP contribution >= 0.6 is 11.6 Å². The lowest BCUT2D eigenvalue weighted by molar-refractivity contribution is -0.142. The molecule has 2 rings (SSSR count). The fourth-order valence-electron chi connectivity index (χ4n) is 2.76. The van der Waals surface area contributed by atoms with Crippen LogP contribution in [-0.2, 0) is 4.79 Å². The van der Waals surface area contributed by atoms with Crippen molar-refractivity contribution in [3.8, 4) is 0 Å². The van der Waals surface area contributed by atoms with Gasteiger partial charge in [0.15, 0.2) is 0 Å². The van der Waals surface area contributed by atoms with Gasteiger partial charge >= 0.3 is 5.97 Å². The number of amides is 1. The summed E-state index contributed by atoms with van der Waals surface area (Å²) in [5, 5.41) is 12.5. The molecular formula is C15H18ClNO3. The summed E-state index contributed by atoms with van der Waals surface area (Å²) in [5.74, 6) is -1.27. The molecule has 1 aromatic rings. The number of benzene rings is 1. The zero-order valence-electron chi connectivity index (χ0n) is 11.4. The summed E-state index contributed by atoms with van der Waals surface area (Å²) in [5.41, 5.74) is 1.40. The van der Waals surface area contributed by atoms with Crippen molar-refractivity contribution >= 4 is 23.5 Å². The van der Waals surface area contributed by atoms with Gasteiger partial charge < -0.3 is 10.4 Å². The fraction of sp³-hybridized carbons (Fsp3) is 0.467. The first-order valence-electron chi connectivity index (χ1n) is 6.76. The second-order valence-corrected chi connectivity index (χ2v) is 5.74. The molecule has 1 aromatic carbocycles. The Morgan fingerprint density at radius 2 is 2.15 bits per heavy atom. The van der Waals surface area contributed by atoms with E-state index >= 15 is 0 Å². The van der Waals surface area contributed by atoms with E-state index in [9.17, 15) is 9.59 Å². The van der Waals surface area contributed by atoms with Crippen molar-refractivity contribution in [2.45, 2.75) is 26.2 Å². The topological polar surface area (TPSA) is 66.4 Å². The molecule has 0 spiro atoms. The number of carboxylic acid groups (broad SMARTS) is 1. The van der Waals surface area contributed by atoms with Crippen LogP contribution in [0.15, 0.2) is 18.2 Å². The van der Waals surface area contributed by atoms with Gasteiger partial charge in [-0.05, 0) is 43.4 Å². The summed E-state index contributed by atoms with van der Waals surface area (Å²) < 4.78 is 0. The van der Waals surface area contributed by atoms with Crippen LogP contribution < -0.4 is 5.32 Å². The lowest BCUT2D eigenvalue weighted by Gasteiger charge is -2.16. The predicted molar refractivity (Wildman–Crippen MR) is 77.0 cm³/mol. The van der Waals surface area contributed by atoms with Crippen molar-refractivity contribution in [2.75, 3.05) is 6.54 Å². The minimum Gasteiger partial charge on any atom is -0.481 e. The van der Waals surface area contributed by atoms with Gasteiger partial charge in [-0.1, -0.05) is 24.1 Å². The van der Waals surface area contributed by atoms with Gasteiger partial charge in [0.2, 0.25) is 0 Å². The minimum absolute atomic E-state index is 0.0240. The molecule has 0 aromatic heterocycles. The van der Waals surface area contributed by atoms with Crippen molar-refractivity contribution in [3.05, 3.63) is 34.3 Å². The molecule has 108 valence electrons. The molecule has 0 aliphatic heterocycles. The van der Waals surface area contributed by atoms with Gasteiger partial charge in [0.1, 0.15) is 0 Å². The number of hydrogen-bond acceptors (Lipinski definition) is 2. The Bertz CT molecular complexity index is 530. The van der Waals surface area contributed by atoms with Gasteiger partial charge in [-0.25, -0.2) is 0 Å². The molecule has 2 N–H and O–H groups in total. The van der Waals surface area contributed by atoms with E-state index in [1.54, 1.807) is 18.2 Å². The Hall–Kier alpha value is -1.55. The molecule has 1 fully saturated rings. The molecule has 1 aliphatic carbocycles. The summed E-state index contributed by atoms with van der Waals surface area (Å²) in [7, 11) is 0. The average molecular weight is 296 g/mol. The first-order valence-corrected chi connectivity index (χ1v) is 7.14. The highest BCUT2D eigenvalue weighted by atomic mass is 35.5. The van der Waals surface area contributed by atoms with E-state index in [1.807, 2.05) is 6.92 Å². The van der Waals surface area contributed by atoms with Crippen molar-refractivity contribution < 1.29 is 14.7 Å². The van der Waals surface area contributed by atoms with Crippen molar-refractivity contribution in [1.82, 2.24) is 5.32 Å². The first-order chi connectivity index (χ1) is 9.49. The normalized spacial score (nSPS) is 21.7. The molecule has 4 nitrogen and oxygen atoms in total. The van der Waals surface area contributed by atoms with Crippen LogP contribution in [0.4, 0.5) is 0 Å². The summed E-state index contributed by atoms with van der Waals surface area (Å²) in [6.45, 7) is 2.25. The van der Waals surface area contributed by atoms with Gasteiger partial charge in [-0.3, -0.25) is 9.59 Å². The summed E-state index contributed by atoms with van der Waals surface area (Å²) >= 11 is 5.90. The molecule has 1 aliphatic rings. The van der Waals surface area contributed by atoms with E-state index < -0.39 is 5.97 Å². The number of carboxylic acids is 1. The Balaban J connectivity index is 1.98. The van der Waals surface area contributed by atoms with Gasteiger partial charge in [-0.2, -0.15) is 0 Å². The lowest BCUT2D eigenvalue weighted by Crippen LogP contribution is -2.33. The molecule has 0 heterocycles. The predicted octanol–water partition coefficient (Wildman–Crippen LogP) is 2.88. The minimum atomic E-state index is -0.763. The number of carbonyl (C=O) groups excluding carboxylic acids is 1. The molecule has 0 radical (unpaired) electrons. The molecule has 5 heteroatoms. The second-order valence-electron chi connectivity index (χ2n) is 5.30. The third-order valence-corrected chi connectivity index (χ3v) is 4.18. The third kappa shape index (κ3) is 3.31. The first kappa shape index (κ1) is 14.9. The standard InChI is InChI=1S/C15H18ClNO3/c1-9-5-6-11(16)7-13(9)14(18)17-8-10-3-2-4-12(10)15(19)20/h5-7,10,12H,2-4,8H2,1H3,(H,17,18)(H,19,20). The maximum absolute atomic E-state index is 12.1. The van der Waals surface area contributed by atoms with E-state index in [1.165, 1.54) is 0 Å². The highest BCUT2D eigenvalue weighted by molar-refractivity contribution is 6.31. The SMILES string of the molecule is Cc1ccc(Cl)cc1C(=O)NCC1CCCC1C(=O)O. The Morgan fingerprint density at radius 1 is 1.40 bits per heavy atom. The zero-order valence-corrected chi connectivity index (χ0v) is 12.1. The average Bonchev–Trinajstić information content (AvgIpc) is 2.87. The van der Waals surface area contributed by atoms with Gasteiger partial charge in [0, 0.05) is 17.1 Å². The fourth-order valence-corrected chi connectivity index (χ4v) is 2.94. The lowest BCUT2D eigenvalue weighted by atomic mass is 9.96. The third-order valence-electron chi connectivity index (χ3n) is 3.95. The van der Waals surface area contributed by atoms with E-state index in [0.29, 0.717) is 23.6 Å². The monoisotopic (exact) mass is 295 g/mol. The van der Waals surface area contributed by atoms with Gasteiger partial charge in [0.25, 0.3) is 5.91 Å². The summed E-state index contributed by atoms with van der Waals surface area (Å²) in [4.78, 5) is 23.2. The Labute approximate surface area is 123 Å². The largest absolute Gasteiger partial charge is 0.481 e. The van der Waals surface area contributed by atoms with Crippen LogP contribution in [0.3, 0.4) is 0 Å². The number of halogens is 1. The maximum Gasteiger partial charge on any atom is 0.306 e. The Morgan fingerprint density at radius 3 is 2.85 bits per heavy atom. The number of hydrogen-bond donors (Lipinski definition) is 2. The molecule has 2 atom stereocenters. The van der Waals surface area contributed by atoms with E-state index in [0.717, 1.165) is 18.4 Å². The van der Waals surface area contributed by atoms with Crippen LogP contribution in [0.25, 0.3) is 0 Å². The van der Waals surface area contributed by atoms with Crippen LogP contribution in [0.1, 0.15) is 35.2 Å². The van der Waals surface area contributed by atoms with Crippen LogP contribution in [0.5, 0.6) is 0 Å². The number of nitrogens with one attached hydrogen (secondary N) is 1. The number of aliphatic carboxylic acids is 1. The molecule has 0 bridgehead atoms. The molecule has 1 saturated carbocycles. The van der Waals surface area contributed by atoms with Crippen LogP contribution in [0, 0.1) is 18.8 Å². The quantitative estimate of drug-likeness (QED) is 0.897. The number of rotatable bonds is 4. The van der Waals surface area contributed by atoms with Gasteiger partial charge in [-0.15, -0.1) is 0 Å². The Kier molecular flexibility index (Phi) is 4.65. The molecule has 20 heavy (non-hydrogen) atoms. The zero-order chi connectivity index (χ0) is 14.7. The summed E-state index contributed by atoms with van der Waals surface area (Å²) in [6, 6.07) is 5.17. The van der Waals surface area contributed by atoms with Crippen LogP contribution in [-0.4, -0.2) is 23.5 Å². The van der Waals surface area contributed by atoms with Crippen LogP contribution in [0.2, 0.25) is 5.02 Å².